The summed E-state index contributed by atoms with van der Waals surface area (Å²) in [7, 11) is 0. The number of nitrogens with zero attached hydrogens (tertiary/aromatic N) is 3. The lowest BCUT2D eigenvalue weighted by Gasteiger charge is -2.28. The largest absolute Gasteiger partial charge is 0.473 e. The molecule has 5 nitrogen and oxygen atoms in total. The molecule has 26 heavy (non-hydrogen) atoms. The minimum absolute atomic E-state index is 0.0694. The van der Waals surface area contributed by atoms with Crippen LogP contribution >= 0.6 is 11.6 Å². The number of nitrogens with one attached hydrogen (secondary N) is 1. The van der Waals surface area contributed by atoms with Crippen molar-refractivity contribution >= 4 is 17.2 Å². The molecule has 1 saturated heterocycles. The Morgan fingerprint density at radius 2 is 2.23 bits per heavy atom. The van der Waals surface area contributed by atoms with Crippen LogP contribution in [0.4, 0.5) is 4.39 Å². The van der Waals surface area contributed by atoms with Crippen molar-refractivity contribution in [1.82, 2.24) is 19.9 Å². The van der Waals surface area contributed by atoms with Gasteiger partial charge in [0.05, 0.1) is 16.9 Å². The summed E-state index contributed by atoms with van der Waals surface area (Å²) < 4.78 is 21.2. The van der Waals surface area contributed by atoms with Crippen molar-refractivity contribution in [3.8, 4) is 17.1 Å². The van der Waals surface area contributed by atoms with Crippen molar-refractivity contribution in [2.75, 3.05) is 13.1 Å². The molecule has 0 aliphatic carbocycles. The zero-order chi connectivity index (χ0) is 18.1. The van der Waals surface area contributed by atoms with Crippen LogP contribution < -0.4 is 10.1 Å². The SMILES string of the molecule is CC(Oc1ccc2ncc(-c3ccc(F)c(Cl)c3)n2n1)C1CCCNC1. The minimum Gasteiger partial charge on any atom is -0.473 e. The first-order valence-electron chi connectivity index (χ1n) is 8.79. The zero-order valence-corrected chi connectivity index (χ0v) is 15.2. The zero-order valence-electron chi connectivity index (χ0n) is 14.5. The van der Waals surface area contributed by atoms with Gasteiger partial charge in [0.2, 0.25) is 5.88 Å². The van der Waals surface area contributed by atoms with Gasteiger partial charge < -0.3 is 10.1 Å². The Hall–Kier alpha value is -2.18. The predicted molar refractivity (Wildman–Crippen MR) is 99.1 cm³/mol. The maximum atomic E-state index is 13.4. The van der Waals surface area contributed by atoms with Crippen molar-refractivity contribution in [2.24, 2.45) is 5.92 Å². The van der Waals surface area contributed by atoms with Gasteiger partial charge in [-0.05, 0) is 50.6 Å². The molecule has 2 aromatic heterocycles. The van der Waals surface area contributed by atoms with E-state index in [-0.39, 0.29) is 11.1 Å². The highest BCUT2D eigenvalue weighted by molar-refractivity contribution is 6.31. The first-order chi connectivity index (χ1) is 12.6. The van der Waals surface area contributed by atoms with Crippen LogP contribution in [0.25, 0.3) is 16.9 Å². The molecule has 1 aliphatic heterocycles. The Balaban J connectivity index is 1.62. The summed E-state index contributed by atoms with van der Waals surface area (Å²) in [6.07, 6.45) is 4.09. The molecular weight excluding hydrogens is 355 g/mol. The number of rotatable bonds is 4. The molecule has 136 valence electrons. The molecule has 3 aromatic rings. The first-order valence-corrected chi connectivity index (χ1v) is 9.17. The van der Waals surface area contributed by atoms with Crippen LogP contribution in [-0.4, -0.2) is 33.8 Å². The quantitative estimate of drug-likeness (QED) is 0.751. The highest BCUT2D eigenvalue weighted by Gasteiger charge is 2.22. The van der Waals surface area contributed by atoms with Crippen LogP contribution in [0.15, 0.2) is 36.5 Å². The number of fused-ring (bicyclic) bond motifs is 1. The van der Waals surface area contributed by atoms with Gasteiger partial charge in [0.1, 0.15) is 11.9 Å². The van der Waals surface area contributed by atoms with E-state index in [9.17, 15) is 4.39 Å². The molecule has 0 bridgehead atoms. The molecule has 3 heterocycles. The van der Waals surface area contributed by atoms with Crippen LogP contribution in [0.3, 0.4) is 0 Å². The average molecular weight is 375 g/mol. The normalized spacial score (nSPS) is 18.8. The molecule has 2 atom stereocenters. The van der Waals surface area contributed by atoms with E-state index in [0.29, 0.717) is 17.4 Å². The van der Waals surface area contributed by atoms with E-state index in [1.54, 1.807) is 22.8 Å². The maximum Gasteiger partial charge on any atom is 0.232 e. The average Bonchev–Trinajstić information content (AvgIpc) is 3.08. The number of aromatic nitrogens is 3. The van der Waals surface area contributed by atoms with Gasteiger partial charge in [0.25, 0.3) is 0 Å². The number of piperidine rings is 1. The van der Waals surface area contributed by atoms with E-state index in [1.165, 1.54) is 12.5 Å². The molecule has 0 radical (unpaired) electrons. The second kappa shape index (κ2) is 7.21. The van der Waals surface area contributed by atoms with Crippen LogP contribution in [0.1, 0.15) is 19.8 Å². The summed E-state index contributed by atoms with van der Waals surface area (Å²) in [5, 5.41) is 8.05. The predicted octanol–water partition coefficient (Wildman–Crippen LogP) is 3.96. The standard InChI is InChI=1S/C19H20ClFN4O/c1-12(14-3-2-8-22-10-14)26-19-7-6-18-23-11-17(25(18)24-19)13-4-5-16(21)15(20)9-13/h4-7,9,11-12,14,22H,2-3,8,10H2,1H3. The van der Waals surface area contributed by atoms with Crippen LogP contribution in [0.2, 0.25) is 5.02 Å². The summed E-state index contributed by atoms with van der Waals surface area (Å²) in [4.78, 5) is 4.36. The van der Waals surface area contributed by atoms with E-state index in [1.807, 2.05) is 12.1 Å². The third kappa shape index (κ3) is 3.39. The Labute approximate surface area is 156 Å². The van der Waals surface area contributed by atoms with Gasteiger partial charge in [0, 0.05) is 24.1 Å². The molecular formula is C19H20ClFN4O. The van der Waals surface area contributed by atoms with Crippen LogP contribution in [-0.2, 0) is 0 Å². The molecule has 2 unspecified atom stereocenters. The first kappa shape index (κ1) is 17.2. The second-order valence-corrected chi connectivity index (χ2v) is 7.05. The third-order valence-corrected chi connectivity index (χ3v) is 5.15. The van der Waals surface area contributed by atoms with Crippen LogP contribution in [0, 0.1) is 11.7 Å². The maximum absolute atomic E-state index is 13.4. The Bertz CT molecular complexity index is 923. The topological polar surface area (TPSA) is 51.5 Å². The number of hydrogen-bond acceptors (Lipinski definition) is 4. The molecule has 1 aliphatic rings. The Kier molecular flexibility index (Phi) is 4.78. The van der Waals surface area contributed by atoms with Crippen LogP contribution in [0.5, 0.6) is 5.88 Å². The highest BCUT2D eigenvalue weighted by atomic mass is 35.5. The number of ether oxygens (including phenoxy) is 1. The van der Waals surface area contributed by atoms with Gasteiger partial charge in [0.15, 0.2) is 5.65 Å². The Morgan fingerprint density at radius 1 is 1.35 bits per heavy atom. The lowest BCUT2D eigenvalue weighted by atomic mass is 9.95. The van der Waals surface area contributed by atoms with Gasteiger partial charge in [-0.3, -0.25) is 0 Å². The monoisotopic (exact) mass is 374 g/mol. The van der Waals surface area contributed by atoms with Gasteiger partial charge in [-0.2, -0.15) is 0 Å². The lowest BCUT2D eigenvalue weighted by molar-refractivity contribution is 0.124. The second-order valence-electron chi connectivity index (χ2n) is 6.64. The molecule has 0 amide bonds. The van der Waals surface area contributed by atoms with Gasteiger partial charge in [-0.25, -0.2) is 13.9 Å². The molecule has 1 N–H and O–H groups in total. The van der Waals surface area contributed by atoms with E-state index in [2.05, 4.69) is 22.3 Å². The molecule has 7 heteroatoms. The van der Waals surface area contributed by atoms with Crippen molar-refractivity contribution in [1.29, 1.82) is 0 Å². The molecule has 4 rings (SSSR count). The van der Waals surface area contributed by atoms with E-state index >= 15 is 0 Å². The van der Waals surface area contributed by atoms with Gasteiger partial charge in [-0.1, -0.05) is 11.6 Å². The molecule has 0 spiro atoms. The number of imidazole rings is 1. The lowest BCUT2D eigenvalue weighted by Crippen LogP contribution is -2.38. The van der Waals surface area contributed by atoms with Crippen molar-refractivity contribution in [2.45, 2.75) is 25.9 Å². The number of benzene rings is 1. The summed E-state index contributed by atoms with van der Waals surface area (Å²) in [5.41, 5.74) is 2.18. The van der Waals surface area contributed by atoms with E-state index in [0.717, 1.165) is 30.8 Å². The summed E-state index contributed by atoms with van der Waals surface area (Å²) in [6.45, 7) is 4.12. The van der Waals surface area contributed by atoms with Gasteiger partial charge in [-0.15, -0.1) is 5.10 Å². The fourth-order valence-corrected chi connectivity index (χ4v) is 3.52. The third-order valence-electron chi connectivity index (χ3n) is 4.86. The molecule has 0 saturated carbocycles. The fourth-order valence-electron chi connectivity index (χ4n) is 3.34. The summed E-state index contributed by atoms with van der Waals surface area (Å²) >= 11 is 5.91. The highest BCUT2D eigenvalue weighted by Crippen LogP contribution is 2.26. The summed E-state index contributed by atoms with van der Waals surface area (Å²) in [6, 6.07) is 8.27. The number of hydrogen-bond donors (Lipinski definition) is 1. The van der Waals surface area contributed by atoms with E-state index < -0.39 is 5.82 Å². The molecule has 1 fully saturated rings. The van der Waals surface area contributed by atoms with Gasteiger partial charge >= 0.3 is 0 Å². The van der Waals surface area contributed by atoms with Crippen molar-refractivity contribution in [3.63, 3.8) is 0 Å². The minimum atomic E-state index is -0.448. The van der Waals surface area contributed by atoms with Crippen molar-refractivity contribution < 1.29 is 9.13 Å². The summed E-state index contributed by atoms with van der Waals surface area (Å²) in [5.74, 6) is 0.568. The number of halogens is 2. The van der Waals surface area contributed by atoms with E-state index in [4.69, 9.17) is 16.3 Å². The Morgan fingerprint density at radius 3 is 3.00 bits per heavy atom. The smallest absolute Gasteiger partial charge is 0.232 e. The van der Waals surface area contributed by atoms with Crippen molar-refractivity contribution in [3.05, 3.63) is 47.4 Å². The fraction of sp³-hybridized carbons (Fsp3) is 0.368. The molecule has 1 aromatic carbocycles.